The molecule has 1 rings (SSSR count). The van der Waals surface area contributed by atoms with Gasteiger partial charge in [-0.05, 0) is 37.1 Å². The summed E-state index contributed by atoms with van der Waals surface area (Å²) in [5, 5.41) is 3.57. The summed E-state index contributed by atoms with van der Waals surface area (Å²) in [6.07, 6.45) is 10.1. The lowest BCUT2D eigenvalue weighted by Crippen LogP contribution is -2.45. The van der Waals surface area contributed by atoms with Gasteiger partial charge in [-0.3, -0.25) is 0 Å². The summed E-state index contributed by atoms with van der Waals surface area (Å²) in [6, 6.07) is 0.689. The van der Waals surface area contributed by atoms with Crippen LogP contribution in [0.15, 0.2) is 0 Å². The van der Waals surface area contributed by atoms with E-state index in [1.54, 1.807) is 0 Å². The van der Waals surface area contributed by atoms with Crippen LogP contribution in [0.25, 0.3) is 0 Å². The van der Waals surface area contributed by atoms with Crippen LogP contribution in [0.1, 0.15) is 72.6 Å². The van der Waals surface area contributed by atoms with Crippen LogP contribution in [-0.4, -0.2) is 13.1 Å². The highest BCUT2D eigenvalue weighted by molar-refractivity contribution is 4.88. The van der Waals surface area contributed by atoms with Gasteiger partial charge in [-0.15, -0.1) is 0 Å². The van der Waals surface area contributed by atoms with Crippen molar-refractivity contribution in [2.75, 3.05) is 7.05 Å². The Morgan fingerprint density at radius 3 is 2.12 bits per heavy atom. The van der Waals surface area contributed by atoms with Gasteiger partial charge in [-0.2, -0.15) is 0 Å². The maximum Gasteiger partial charge on any atom is 0.0141 e. The Balaban J connectivity index is 2.40. The van der Waals surface area contributed by atoms with E-state index in [-0.39, 0.29) is 0 Å². The summed E-state index contributed by atoms with van der Waals surface area (Å²) in [4.78, 5) is 0. The fraction of sp³-hybridized carbons (Fsp3) is 1.00. The van der Waals surface area contributed by atoms with E-state index in [2.05, 4.69) is 40.1 Å². The van der Waals surface area contributed by atoms with E-state index < -0.39 is 0 Å². The standard InChI is InChI=1S/C16H33N/c1-6-7-8-13-9-11-14(12-10-13)15(17-5)16(2,3)4/h13-15,17H,6-12H2,1-5H3. The molecule has 0 aliphatic heterocycles. The molecule has 0 amide bonds. The van der Waals surface area contributed by atoms with E-state index >= 15 is 0 Å². The fourth-order valence-electron chi connectivity index (χ4n) is 3.68. The monoisotopic (exact) mass is 239 g/mol. The second-order valence-corrected chi connectivity index (χ2v) is 7.06. The topological polar surface area (TPSA) is 12.0 Å². The molecule has 0 saturated heterocycles. The molecule has 1 fully saturated rings. The highest BCUT2D eigenvalue weighted by Gasteiger charge is 2.33. The van der Waals surface area contributed by atoms with E-state index in [4.69, 9.17) is 0 Å². The zero-order valence-corrected chi connectivity index (χ0v) is 12.7. The highest BCUT2D eigenvalue weighted by Crippen LogP contribution is 2.38. The Morgan fingerprint density at radius 1 is 1.12 bits per heavy atom. The molecule has 0 radical (unpaired) electrons. The van der Waals surface area contributed by atoms with Crippen molar-refractivity contribution in [3.8, 4) is 0 Å². The third kappa shape index (κ3) is 4.62. The zero-order valence-electron chi connectivity index (χ0n) is 12.7. The van der Waals surface area contributed by atoms with Gasteiger partial charge in [0.1, 0.15) is 0 Å². The van der Waals surface area contributed by atoms with Gasteiger partial charge in [-0.25, -0.2) is 0 Å². The predicted molar refractivity (Wildman–Crippen MR) is 77.3 cm³/mol. The molecule has 1 unspecified atom stereocenters. The van der Waals surface area contributed by atoms with Gasteiger partial charge in [-0.1, -0.05) is 59.8 Å². The summed E-state index contributed by atoms with van der Waals surface area (Å²) in [6.45, 7) is 9.42. The minimum absolute atomic E-state index is 0.398. The van der Waals surface area contributed by atoms with Crippen molar-refractivity contribution in [3.63, 3.8) is 0 Å². The number of unbranched alkanes of at least 4 members (excludes halogenated alkanes) is 1. The lowest BCUT2D eigenvalue weighted by Gasteiger charge is -2.40. The van der Waals surface area contributed by atoms with Crippen molar-refractivity contribution in [2.45, 2.75) is 78.7 Å². The molecule has 1 atom stereocenters. The molecule has 0 bridgehead atoms. The number of rotatable bonds is 5. The van der Waals surface area contributed by atoms with Crippen molar-refractivity contribution in [1.82, 2.24) is 5.32 Å². The number of hydrogen-bond donors (Lipinski definition) is 1. The Bertz CT molecular complexity index is 196. The van der Waals surface area contributed by atoms with E-state index in [1.165, 1.54) is 44.9 Å². The Hall–Kier alpha value is -0.0400. The summed E-state index contributed by atoms with van der Waals surface area (Å²) >= 11 is 0. The van der Waals surface area contributed by atoms with Gasteiger partial charge in [0.05, 0.1) is 0 Å². The lowest BCUT2D eigenvalue weighted by atomic mass is 9.70. The zero-order chi connectivity index (χ0) is 12.9. The fourth-order valence-corrected chi connectivity index (χ4v) is 3.68. The first-order chi connectivity index (χ1) is 7.99. The Kier molecular flexibility index (Phi) is 5.99. The highest BCUT2D eigenvalue weighted by atomic mass is 14.9. The minimum atomic E-state index is 0.398. The summed E-state index contributed by atoms with van der Waals surface area (Å²) < 4.78 is 0. The molecule has 17 heavy (non-hydrogen) atoms. The molecule has 102 valence electrons. The molecular weight excluding hydrogens is 206 g/mol. The van der Waals surface area contributed by atoms with Crippen molar-refractivity contribution in [1.29, 1.82) is 0 Å². The Morgan fingerprint density at radius 2 is 1.71 bits per heavy atom. The van der Waals surface area contributed by atoms with Crippen LogP contribution in [-0.2, 0) is 0 Å². The van der Waals surface area contributed by atoms with Gasteiger partial charge < -0.3 is 5.32 Å². The molecule has 1 aliphatic rings. The normalized spacial score (nSPS) is 28.1. The quantitative estimate of drug-likeness (QED) is 0.738. The predicted octanol–water partition coefficient (Wildman–Crippen LogP) is 4.62. The van der Waals surface area contributed by atoms with Crippen LogP contribution >= 0.6 is 0 Å². The largest absolute Gasteiger partial charge is 0.316 e. The molecule has 1 heteroatoms. The summed E-state index contributed by atoms with van der Waals surface area (Å²) in [7, 11) is 2.14. The first-order valence-electron chi connectivity index (χ1n) is 7.66. The summed E-state index contributed by atoms with van der Waals surface area (Å²) in [5.41, 5.74) is 0.398. The molecule has 0 spiro atoms. The molecule has 0 aromatic heterocycles. The Labute approximate surface area is 109 Å². The van der Waals surface area contributed by atoms with Gasteiger partial charge >= 0.3 is 0 Å². The maximum absolute atomic E-state index is 3.57. The van der Waals surface area contributed by atoms with E-state index in [0.29, 0.717) is 11.5 Å². The van der Waals surface area contributed by atoms with E-state index in [9.17, 15) is 0 Å². The van der Waals surface area contributed by atoms with Crippen LogP contribution < -0.4 is 5.32 Å². The van der Waals surface area contributed by atoms with Crippen molar-refractivity contribution >= 4 is 0 Å². The molecule has 1 N–H and O–H groups in total. The number of nitrogens with one attached hydrogen (secondary N) is 1. The van der Waals surface area contributed by atoms with Crippen molar-refractivity contribution < 1.29 is 0 Å². The summed E-state index contributed by atoms with van der Waals surface area (Å²) in [5.74, 6) is 1.93. The smallest absolute Gasteiger partial charge is 0.0141 e. The first-order valence-corrected chi connectivity index (χ1v) is 7.66. The van der Waals surface area contributed by atoms with Crippen LogP contribution in [0.2, 0.25) is 0 Å². The molecular formula is C16H33N. The number of hydrogen-bond acceptors (Lipinski definition) is 1. The second kappa shape index (κ2) is 6.78. The van der Waals surface area contributed by atoms with E-state index in [1.807, 2.05) is 0 Å². The average molecular weight is 239 g/mol. The second-order valence-electron chi connectivity index (χ2n) is 7.06. The maximum atomic E-state index is 3.57. The van der Waals surface area contributed by atoms with Crippen molar-refractivity contribution in [2.24, 2.45) is 17.3 Å². The van der Waals surface area contributed by atoms with Crippen LogP contribution in [0, 0.1) is 17.3 Å². The molecule has 0 aromatic carbocycles. The molecule has 0 aromatic rings. The van der Waals surface area contributed by atoms with Gasteiger partial charge in [0, 0.05) is 6.04 Å². The van der Waals surface area contributed by atoms with Crippen LogP contribution in [0.4, 0.5) is 0 Å². The minimum Gasteiger partial charge on any atom is -0.316 e. The lowest BCUT2D eigenvalue weighted by molar-refractivity contribution is 0.142. The molecule has 0 heterocycles. The third-order valence-electron chi connectivity index (χ3n) is 4.57. The van der Waals surface area contributed by atoms with Crippen LogP contribution in [0.5, 0.6) is 0 Å². The molecule has 1 saturated carbocycles. The first kappa shape index (κ1) is 15.0. The SMILES string of the molecule is CCCCC1CCC(C(NC)C(C)(C)C)CC1. The average Bonchev–Trinajstić information content (AvgIpc) is 2.27. The third-order valence-corrected chi connectivity index (χ3v) is 4.57. The van der Waals surface area contributed by atoms with Gasteiger partial charge in [0.2, 0.25) is 0 Å². The van der Waals surface area contributed by atoms with Gasteiger partial charge in [0.25, 0.3) is 0 Å². The molecule has 1 aliphatic carbocycles. The van der Waals surface area contributed by atoms with Gasteiger partial charge in [0.15, 0.2) is 0 Å². The molecule has 1 nitrogen and oxygen atoms in total. The van der Waals surface area contributed by atoms with Crippen molar-refractivity contribution in [3.05, 3.63) is 0 Å². The van der Waals surface area contributed by atoms with Crippen LogP contribution in [0.3, 0.4) is 0 Å². The van der Waals surface area contributed by atoms with E-state index in [0.717, 1.165) is 11.8 Å².